The zero-order valence-corrected chi connectivity index (χ0v) is 22.7. The summed E-state index contributed by atoms with van der Waals surface area (Å²) < 4.78 is 11.7. The number of aliphatic hydroxyl groups excluding tert-OH is 2. The third-order valence-corrected chi connectivity index (χ3v) is 7.43. The van der Waals surface area contributed by atoms with Crippen LogP contribution in [0.3, 0.4) is 0 Å². The quantitative estimate of drug-likeness (QED) is 0.266. The highest BCUT2D eigenvalue weighted by Crippen LogP contribution is 2.38. The van der Waals surface area contributed by atoms with Gasteiger partial charge in [0.25, 0.3) is 0 Å². The molecule has 0 amide bonds. The predicted molar refractivity (Wildman–Crippen MR) is 151 cm³/mol. The SMILES string of the molecule is C=C1CCC(OC(=O)/C(=C2/OC(=O)C(c3ccccc3)=C2O)c2ccccc2)C(C)(C)/C=C/C(C)CCC1O. The van der Waals surface area contributed by atoms with Crippen LogP contribution >= 0.6 is 0 Å². The first-order chi connectivity index (χ1) is 18.6. The van der Waals surface area contributed by atoms with Crippen LogP contribution in [-0.2, 0) is 19.1 Å². The van der Waals surface area contributed by atoms with Gasteiger partial charge in [0.2, 0.25) is 0 Å². The molecule has 0 radical (unpaired) electrons. The molecule has 3 atom stereocenters. The van der Waals surface area contributed by atoms with Crippen molar-refractivity contribution in [3.63, 3.8) is 0 Å². The lowest BCUT2D eigenvalue weighted by atomic mass is 9.82. The van der Waals surface area contributed by atoms with Crippen LogP contribution in [0.1, 0.15) is 57.6 Å². The first-order valence-corrected chi connectivity index (χ1v) is 13.4. The molecule has 0 bridgehead atoms. The molecule has 2 aromatic carbocycles. The molecule has 3 unspecified atom stereocenters. The van der Waals surface area contributed by atoms with Gasteiger partial charge in [-0.2, -0.15) is 0 Å². The molecule has 6 heteroatoms. The van der Waals surface area contributed by atoms with Gasteiger partial charge in [-0.15, -0.1) is 0 Å². The molecule has 0 aromatic heterocycles. The van der Waals surface area contributed by atoms with Crippen molar-refractivity contribution < 1.29 is 29.3 Å². The number of allylic oxidation sites excluding steroid dienone is 1. The second kappa shape index (κ2) is 11.9. The molecule has 0 fully saturated rings. The van der Waals surface area contributed by atoms with Crippen LogP contribution < -0.4 is 0 Å². The molecule has 39 heavy (non-hydrogen) atoms. The Balaban J connectivity index is 1.76. The number of esters is 2. The van der Waals surface area contributed by atoms with Gasteiger partial charge >= 0.3 is 11.9 Å². The van der Waals surface area contributed by atoms with E-state index in [4.69, 9.17) is 9.47 Å². The second-order valence-electron chi connectivity index (χ2n) is 10.9. The van der Waals surface area contributed by atoms with E-state index in [-0.39, 0.29) is 22.8 Å². The minimum atomic E-state index is -0.743. The molecular formula is C33H36O6. The van der Waals surface area contributed by atoms with Crippen molar-refractivity contribution in [1.82, 2.24) is 0 Å². The Morgan fingerprint density at radius 1 is 1.03 bits per heavy atom. The lowest BCUT2D eigenvalue weighted by Gasteiger charge is -2.32. The number of hydrogen-bond donors (Lipinski definition) is 2. The summed E-state index contributed by atoms with van der Waals surface area (Å²) in [4.78, 5) is 26.8. The summed E-state index contributed by atoms with van der Waals surface area (Å²) in [5.74, 6) is -1.86. The summed E-state index contributed by atoms with van der Waals surface area (Å²) in [6.07, 6.45) is 5.34. The standard InChI is InChI=1S/C33H36O6/c1-21-15-17-25(34)22(2)16-18-26(33(3,4)20-19-21)38-32(37)28(24-13-9-6-10-14-24)30-29(35)27(31(36)39-30)23-11-7-5-8-12-23/h5-14,19-21,25-26,34-35H,2,15-18H2,1,3-4H3/b20-19+,30-28+. The molecule has 6 nitrogen and oxygen atoms in total. The van der Waals surface area contributed by atoms with E-state index in [1.165, 1.54) is 0 Å². The fourth-order valence-electron chi connectivity index (χ4n) is 4.87. The fraction of sp³-hybridized carbons (Fsp3) is 0.333. The van der Waals surface area contributed by atoms with Crippen LogP contribution in [0.25, 0.3) is 11.1 Å². The largest absolute Gasteiger partial charge is 0.504 e. The normalized spacial score (nSPS) is 25.9. The summed E-state index contributed by atoms with van der Waals surface area (Å²) >= 11 is 0. The molecule has 1 aliphatic heterocycles. The minimum absolute atomic E-state index is 0.00990. The maximum Gasteiger partial charge on any atom is 0.348 e. The number of aliphatic hydroxyl groups is 2. The number of hydrogen-bond acceptors (Lipinski definition) is 6. The summed E-state index contributed by atoms with van der Waals surface area (Å²) in [6, 6.07) is 17.4. The van der Waals surface area contributed by atoms with E-state index in [9.17, 15) is 19.8 Å². The van der Waals surface area contributed by atoms with Crippen molar-refractivity contribution in [2.75, 3.05) is 0 Å². The number of rotatable bonds is 4. The van der Waals surface area contributed by atoms with Crippen molar-refractivity contribution in [2.45, 2.75) is 58.7 Å². The third kappa shape index (κ3) is 6.40. The molecule has 0 saturated heterocycles. The van der Waals surface area contributed by atoms with Gasteiger partial charge in [0.15, 0.2) is 11.5 Å². The highest BCUT2D eigenvalue weighted by Gasteiger charge is 2.38. The van der Waals surface area contributed by atoms with Crippen LogP contribution in [0, 0.1) is 11.3 Å². The number of carbonyl (C=O) groups is 2. The van der Waals surface area contributed by atoms with Crippen molar-refractivity contribution in [3.05, 3.63) is 108 Å². The number of ether oxygens (including phenoxy) is 2. The molecule has 4 rings (SSSR count). The monoisotopic (exact) mass is 528 g/mol. The number of benzene rings is 2. The van der Waals surface area contributed by atoms with Crippen LogP contribution in [0.4, 0.5) is 0 Å². The van der Waals surface area contributed by atoms with E-state index in [1.54, 1.807) is 60.7 Å². The molecule has 1 aliphatic carbocycles. The average molecular weight is 529 g/mol. The van der Waals surface area contributed by atoms with Crippen LogP contribution in [0.15, 0.2) is 96.5 Å². The van der Waals surface area contributed by atoms with Gasteiger partial charge in [0.1, 0.15) is 17.3 Å². The van der Waals surface area contributed by atoms with E-state index < -0.39 is 35.3 Å². The van der Waals surface area contributed by atoms with E-state index in [1.807, 2.05) is 13.8 Å². The topological polar surface area (TPSA) is 93.1 Å². The Bertz CT molecular complexity index is 1320. The average Bonchev–Trinajstić information content (AvgIpc) is 3.21. The summed E-state index contributed by atoms with van der Waals surface area (Å²) in [6.45, 7) is 10.2. The maximum absolute atomic E-state index is 13.9. The summed E-state index contributed by atoms with van der Waals surface area (Å²) in [5, 5.41) is 21.7. The highest BCUT2D eigenvalue weighted by atomic mass is 16.6. The van der Waals surface area contributed by atoms with E-state index >= 15 is 0 Å². The number of cyclic esters (lactones) is 1. The Morgan fingerprint density at radius 2 is 1.67 bits per heavy atom. The predicted octanol–water partition coefficient (Wildman–Crippen LogP) is 6.55. The van der Waals surface area contributed by atoms with Crippen molar-refractivity contribution in [3.8, 4) is 0 Å². The molecule has 2 aromatic rings. The highest BCUT2D eigenvalue weighted by molar-refractivity contribution is 6.25. The molecule has 0 saturated carbocycles. The van der Waals surface area contributed by atoms with Gasteiger partial charge < -0.3 is 19.7 Å². The minimum Gasteiger partial charge on any atom is -0.504 e. The summed E-state index contributed by atoms with van der Waals surface area (Å²) in [5.41, 5.74) is 1.06. The van der Waals surface area contributed by atoms with Crippen LogP contribution in [0.2, 0.25) is 0 Å². The van der Waals surface area contributed by atoms with Gasteiger partial charge in [0, 0.05) is 5.41 Å². The first kappa shape index (κ1) is 28.1. The first-order valence-electron chi connectivity index (χ1n) is 13.4. The second-order valence-corrected chi connectivity index (χ2v) is 10.9. The molecule has 1 heterocycles. The van der Waals surface area contributed by atoms with Crippen molar-refractivity contribution in [2.24, 2.45) is 11.3 Å². The van der Waals surface area contributed by atoms with Gasteiger partial charge in [-0.05, 0) is 48.3 Å². The zero-order chi connectivity index (χ0) is 28.2. The van der Waals surface area contributed by atoms with Crippen LogP contribution in [-0.4, -0.2) is 34.4 Å². The summed E-state index contributed by atoms with van der Waals surface area (Å²) in [7, 11) is 0. The molecule has 204 valence electrons. The van der Waals surface area contributed by atoms with Crippen molar-refractivity contribution in [1.29, 1.82) is 0 Å². The Hall–Kier alpha value is -3.90. The zero-order valence-electron chi connectivity index (χ0n) is 22.7. The van der Waals surface area contributed by atoms with Gasteiger partial charge in [0.05, 0.1) is 6.10 Å². The Kier molecular flexibility index (Phi) is 8.56. The molecule has 2 N–H and O–H groups in total. The smallest absolute Gasteiger partial charge is 0.348 e. The molecule has 2 aliphatic rings. The van der Waals surface area contributed by atoms with Crippen LogP contribution in [0.5, 0.6) is 0 Å². The van der Waals surface area contributed by atoms with E-state index in [0.29, 0.717) is 36.0 Å². The van der Waals surface area contributed by atoms with Gasteiger partial charge in [-0.1, -0.05) is 100 Å². The lowest BCUT2D eigenvalue weighted by molar-refractivity contribution is -0.146. The fourth-order valence-corrected chi connectivity index (χ4v) is 4.87. The van der Waals surface area contributed by atoms with E-state index in [2.05, 4.69) is 25.7 Å². The Labute approximate surface area is 230 Å². The number of carbonyl (C=O) groups excluding carboxylic acids is 2. The third-order valence-electron chi connectivity index (χ3n) is 7.43. The van der Waals surface area contributed by atoms with Gasteiger partial charge in [-0.25, -0.2) is 9.59 Å². The Morgan fingerprint density at radius 3 is 2.33 bits per heavy atom. The molecular weight excluding hydrogens is 492 g/mol. The molecule has 0 spiro atoms. The van der Waals surface area contributed by atoms with Crippen molar-refractivity contribution >= 4 is 23.1 Å². The van der Waals surface area contributed by atoms with E-state index in [0.717, 1.165) is 6.42 Å². The van der Waals surface area contributed by atoms with Gasteiger partial charge in [-0.3, -0.25) is 0 Å². The lowest BCUT2D eigenvalue weighted by Crippen LogP contribution is -2.33. The maximum atomic E-state index is 13.9.